The molecule has 0 fully saturated rings. The van der Waals surface area contributed by atoms with Crippen LogP contribution < -0.4 is 5.32 Å². The molecule has 0 radical (unpaired) electrons. The van der Waals surface area contributed by atoms with Gasteiger partial charge in [0, 0.05) is 29.1 Å². The normalized spacial score (nSPS) is 11.2. The minimum Gasteiger partial charge on any atom is -0.322 e. The smallest absolute Gasteiger partial charge is 0.248 e. The van der Waals surface area contributed by atoms with Crippen molar-refractivity contribution in [1.82, 2.24) is 15.0 Å². The Balaban J connectivity index is 1.42. The second-order valence-electron chi connectivity index (χ2n) is 5.95. The molecule has 0 saturated carbocycles. The first kappa shape index (κ1) is 18.3. The lowest BCUT2D eigenvalue weighted by Crippen LogP contribution is -2.08. The lowest BCUT2D eigenvalue weighted by molar-refractivity contribution is -0.111. The van der Waals surface area contributed by atoms with E-state index in [1.807, 2.05) is 49.4 Å². The number of aryl methyl sites for hydroxylation is 1. The first-order valence-electron chi connectivity index (χ1n) is 8.57. The van der Waals surface area contributed by atoms with Gasteiger partial charge in [0.05, 0.1) is 10.2 Å². The van der Waals surface area contributed by atoms with Crippen LogP contribution in [0.5, 0.6) is 0 Å². The van der Waals surface area contributed by atoms with Gasteiger partial charge in [-0.15, -0.1) is 11.3 Å². The average Bonchev–Trinajstić information content (AvgIpc) is 3.12. The average molecular weight is 405 g/mol. The van der Waals surface area contributed by atoms with Crippen molar-refractivity contribution in [1.29, 1.82) is 0 Å². The zero-order valence-corrected chi connectivity index (χ0v) is 16.6. The summed E-state index contributed by atoms with van der Waals surface area (Å²) in [6, 6.07) is 15.6. The number of nitrogens with one attached hydrogen (secondary N) is 1. The Morgan fingerprint density at radius 2 is 1.93 bits per heavy atom. The van der Waals surface area contributed by atoms with Gasteiger partial charge in [0.25, 0.3) is 0 Å². The van der Waals surface area contributed by atoms with E-state index in [9.17, 15) is 4.79 Å². The molecule has 1 N–H and O–H groups in total. The maximum atomic E-state index is 12.3. The van der Waals surface area contributed by atoms with Crippen LogP contribution in [-0.4, -0.2) is 20.9 Å². The number of thiazole rings is 1. The first-order chi connectivity index (χ1) is 13.7. The molecule has 0 aliphatic rings. The SMILES string of the molecule is Cc1cc(Sc2ncccn2)ccc1NC(=O)/C=C/c1nc2ccccc2s1. The van der Waals surface area contributed by atoms with Gasteiger partial charge >= 0.3 is 0 Å². The van der Waals surface area contributed by atoms with Gasteiger partial charge in [-0.25, -0.2) is 15.0 Å². The quantitative estimate of drug-likeness (QED) is 0.366. The van der Waals surface area contributed by atoms with Crippen LogP contribution in [0.25, 0.3) is 16.3 Å². The maximum Gasteiger partial charge on any atom is 0.248 e. The fourth-order valence-corrected chi connectivity index (χ4v) is 4.25. The Hall–Kier alpha value is -3.03. The maximum absolute atomic E-state index is 12.3. The van der Waals surface area contributed by atoms with Crippen LogP contribution in [0.15, 0.2) is 77.1 Å². The van der Waals surface area contributed by atoms with Crippen molar-refractivity contribution in [3.8, 4) is 0 Å². The molecule has 4 aromatic rings. The molecule has 5 nitrogen and oxygen atoms in total. The number of para-hydroxylation sites is 1. The second-order valence-corrected chi connectivity index (χ2v) is 8.06. The number of fused-ring (bicyclic) bond motifs is 1. The van der Waals surface area contributed by atoms with Crippen molar-refractivity contribution in [2.75, 3.05) is 5.32 Å². The van der Waals surface area contributed by atoms with E-state index >= 15 is 0 Å². The Labute approximate surface area is 170 Å². The van der Waals surface area contributed by atoms with Crippen LogP contribution >= 0.6 is 23.1 Å². The number of benzene rings is 2. The van der Waals surface area contributed by atoms with Crippen LogP contribution in [0.3, 0.4) is 0 Å². The van der Waals surface area contributed by atoms with E-state index in [0.717, 1.165) is 31.4 Å². The van der Waals surface area contributed by atoms with E-state index in [2.05, 4.69) is 20.3 Å². The van der Waals surface area contributed by atoms with E-state index in [4.69, 9.17) is 0 Å². The lowest BCUT2D eigenvalue weighted by Gasteiger charge is -2.08. The molecule has 2 aromatic carbocycles. The Morgan fingerprint density at radius 1 is 1.11 bits per heavy atom. The number of carbonyl (C=O) groups excluding carboxylic acids is 1. The minimum absolute atomic E-state index is 0.186. The monoisotopic (exact) mass is 404 g/mol. The van der Waals surface area contributed by atoms with Crippen LogP contribution in [-0.2, 0) is 4.79 Å². The van der Waals surface area contributed by atoms with Gasteiger partial charge < -0.3 is 5.32 Å². The molecule has 2 aromatic heterocycles. The predicted molar refractivity (Wildman–Crippen MR) is 115 cm³/mol. The number of carbonyl (C=O) groups is 1. The summed E-state index contributed by atoms with van der Waals surface area (Å²) in [5.41, 5.74) is 2.69. The lowest BCUT2D eigenvalue weighted by atomic mass is 10.2. The van der Waals surface area contributed by atoms with E-state index in [-0.39, 0.29) is 5.91 Å². The standard InChI is InChI=1S/C21H16N4OS2/c1-14-13-15(27-21-22-11-4-12-23-21)7-8-16(14)24-19(26)9-10-20-25-17-5-2-3-6-18(17)28-20/h2-13H,1H3,(H,24,26)/b10-9+. The van der Waals surface area contributed by atoms with Crippen molar-refractivity contribution >= 4 is 51.0 Å². The highest BCUT2D eigenvalue weighted by atomic mass is 32.2. The number of rotatable bonds is 5. The number of anilines is 1. The van der Waals surface area contributed by atoms with Crippen LogP contribution in [0.4, 0.5) is 5.69 Å². The molecule has 7 heteroatoms. The summed E-state index contributed by atoms with van der Waals surface area (Å²) in [6.45, 7) is 1.96. The first-order valence-corrected chi connectivity index (χ1v) is 10.2. The number of amides is 1. The molecule has 0 aliphatic heterocycles. The number of aromatic nitrogens is 3. The molecular weight excluding hydrogens is 388 g/mol. The summed E-state index contributed by atoms with van der Waals surface area (Å²) in [7, 11) is 0. The number of nitrogens with zero attached hydrogens (tertiary/aromatic N) is 3. The molecule has 0 spiro atoms. The second kappa shape index (κ2) is 8.33. The molecule has 0 bridgehead atoms. The molecule has 0 aliphatic carbocycles. The Bertz CT molecular complexity index is 1120. The minimum atomic E-state index is -0.186. The van der Waals surface area contributed by atoms with Gasteiger partial charge in [0.2, 0.25) is 5.91 Å². The van der Waals surface area contributed by atoms with Gasteiger partial charge in [0.1, 0.15) is 5.01 Å². The summed E-state index contributed by atoms with van der Waals surface area (Å²) >= 11 is 3.04. The van der Waals surface area contributed by atoms with Gasteiger partial charge in [-0.1, -0.05) is 12.1 Å². The highest BCUT2D eigenvalue weighted by Crippen LogP contribution is 2.28. The van der Waals surface area contributed by atoms with Crippen LogP contribution in [0.2, 0.25) is 0 Å². The van der Waals surface area contributed by atoms with Gasteiger partial charge in [0.15, 0.2) is 5.16 Å². The number of hydrogen-bond acceptors (Lipinski definition) is 6. The molecule has 2 heterocycles. The van der Waals surface area contributed by atoms with Crippen molar-refractivity contribution in [3.63, 3.8) is 0 Å². The molecule has 0 unspecified atom stereocenters. The third-order valence-corrected chi connectivity index (χ3v) is 5.78. The third-order valence-electron chi connectivity index (χ3n) is 3.89. The summed E-state index contributed by atoms with van der Waals surface area (Å²) in [6.07, 6.45) is 6.69. The van der Waals surface area contributed by atoms with Crippen LogP contribution in [0, 0.1) is 6.92 Å². The molecule has 1 amide bonds. The van der Waals surface area contributed by atoms with E-state index < -0.39 is 0 Å². The Morgan fingerprint density at radius 3 is 2.71 bits per heavy atom. The largest absolute Gasteiger partial charge is 0.322 e. The van der Waals surface area contributed by atoms with E-state index in [1.54, 1.807) is 35.9 Å². The molecule has 4 rings (SSSR count). The van der Waals surface area contributed by atoms with E-state index in [0.29, 0.717) is 5.16 Å². The summed E-state index contributed by atoms with van der Waals surface area (Å²) in [5, 5.41) is 4.42. The van der Waals surface area contributed by atoms with Gasteiger partial charge in [-0.2, -0.15) is 0 Å². The summed E-state index contributed by atoms with van der Waals surface area (Å²) < 4.78 is 1.11. The van der Waals surface area contributed by atoms with Crippen molar-refractivity contribution < 1.29 is 4.79 Å². The third kappa shape index (κ3) is 4.44. The molecule has 138 valence electrons. The summed E-state index contributed by atoms with van der Waals surface area (Å²) in [4.78, 5) is 26.2. The topological polar surface area (TPSA) is 67.8 Å². The van der Waals surface area contributed by atoms with Gasteiger partial charge in [-0.05, 0) is 66.7 Å². The Kier molecular flexibility index (Phi) is 5.45. The molecule has 0 saturated heterocycles. The highest BCUT2D eigenvalue weighted by Gasteiger charge is 2.06. The number of hydrogen-bond donors (Lipinski definition) is 1. The van der Waals surface area contributed by atoms with E-state index in [1.165, 1.54) is 17.8 Å². The molecule has 28 heavy (non-hydrogen) atoms. The van der Waals surface area contributed by atoms with Crippen molar-refractivity contribution in [3.05, 3.63) is 77.6 Å². The summed E-state index contributed by atoms with van der Waals surface area (Å²) in [5.74, 6) is -0.186. The fourth-order valence-electron chi connectivity index (χ4n) is 2.57. The zero-order chi connectivity index (χ0) is 19.3. The van der Waals surface area contributed by atoms with Gasteiger partial charge in [-0.3, -0.25) is 4.79 Å². The fraction of sp³-hybridized carbons (Fsp3) is 0.0476. The van der Waals surface area contributed by atoms with Crippen molar-refractivity contribution in [2.24, 2.45) is 0 Å². The van der Waals surface area contributed by atoms with Crippen LogP contribution in [0.1, 0.15) is 10.6 Å². The molecule has 0 atom stereocenters. The highest BCUT2D eigenvalue weighted by molar-refractivity contribution is 7.99. The molecular formula is C21H16N4OS2. The van der Waals surface area contributed by atoms with Crippen molar-refractivity contribution in [2.45, 2.75) is 17.0 Å². The zero-order valence-electron chi connectivity index (χ0n) is 15.0. The predicted octanol–water partition coefficient (Wildman–Crippen LogP) is 5.20.